The van der Waals surface area contributed by atoms with Crippen molar-refractivity contribution < 1.29 is 18.0 Å². The van der Waals surface area contributed by atoms with Crippen molar-refractivity contribution in [2.75, 3.05) is 0 Å². The highest BCUT2D eigenvalue weighted by Gasteiger charge is 2.30. The normalized spacial score (nSPS) is 11.8. The number of aryl methyl sites for hydroxylation is 1. The van der Waals surface area contributed by atoms with E-state index in [0.29, 0.717) is 28.5 Å². The van der Waals surface area contributed by atoms with Crippen molar-refractivity contribution >= 4 is 17.2 Å². The maximum absolute atomic E-state index is 12.8. The number of carbonyl (C=O) groups is 1. The van der Waals surface area contributed by atoms with E-state index in [1.54, 1.807) is 6.07 Å². The molecule has 0 unspecified atom stereocenters. The Kier molecular flexibility index (Phi) is 3.28. The summed E-state index contributed by atoms with van der Waals surface area (Å²) in [7, 11) is 0. The molecule has 0 saturated heterocycles. The molecule has 0 aliphatic rings. The summed E-state index contributed by atoms with van der Waals surface area (Å²) in [6, 6.07) is 10.5. The molecule has 0 radical (unpaired) electrons. The fourth-order valence-electron chi connectivity index (χ4n) is 2.53. The Morgan fingerprint density at radius 2 is 1.86 bits per heavy atom. The SMILES string of the molecule is Cc1ccc2[nH]c(-c3cccc(C(F)(F)F)c3)c(C=O)c2c1. The lowest BCUT2D eigenvalue weighted by Crippen LogP contribution is -2.04. The van der Waals surface area contributed by atoms with Crippen LogP contribution in [0.25, 0.3) is 22.2 Å². The van der Waals surface area contributed by atoms with Crippen LogP contribution in [0.15, 0.2) is 42.5 Å². The smallest absolute Gasteiger partial charge is 0.354 e. The Morgan fingerprint density at radius 1 is 1.09 bits per heavy atom. The molecule has 3 rings (SSSR count). The highest BCUT2D eigenvalue weighted by atomic mass is 19.4. The van der Waals surface area contributed by atoms with Crippen molar-refractivity contribution in [3.63, 3.8) is 0 Å². The van der Waals surface area contributed by atoms with Crippen LogP contribution in [-0.4, -0.2) is 11.3 Å². The summed E-state index contributed by atoms with van der Waals surface area (Å²) in [6.07, 6.45) is -3.74. The van der Waals surface area contributed by atoms with Gasteiger partial charge in [0.05, 0.1) is 11.3 Å². The molecule has 1 heterocycles. The van der Waals surface area contributed by atoms with Crippen molar-refractivity contribution in [3.8, 4) is 11.3 Å². The second-order valence-corrected chi connectivity index (χ2v) is 5.16. The molecule has 0 amide bonds. The molecule has 0 atom stereocenters. The Morgan fingerprint density at radius 3 is 2.55 bits per heavy atom. The molecule has 1 aromatic heterocycles. The summed E-state index contributed by atoms with van der Waals surface area (Å²) in [4.78, 5) is 14.5. The van der Waals surface area contributed by atoms with Gasteiger partial charge >= 0.3 is 6.18 Å². The maximum atomic E-state index is 12.8. The predicted molar refractivity (Wildman–Crippen MR) is 78.9 cm³/mol. The summed E-state index contributed by atoms with van der Waals surface area (Å²) in [5.74, 6) is 0. The zero-order chi connectivity index (χ0) is 15.9. The Balaban J connectivity index is 2.24. The molecule has 22 heavy (non-hydrogen) atoms. The van der Waals surface area contributed by atoms with Gasteiger partial charge in [-0.3, -0.25) is 4.79 Å². The van der Waals surface area contributed by atoms with Gasteiger partial charge in [-0.15, -0.1) is 0 Å². The first-order valence-electron chi connectivity index (χ1n) is 6.65. The van der Waals surface area contributed by atoms with Crippen LogP contribution in [0.5, 0.6) is 0 Å². The average molecular weight is 303 g/mol. The number of hydrogen-bond acceptors (Lipinski definition) is 1. The number of halogens is 3. The van der Waals surface area contributed by atoms with Gasteiger partial charge in [-0.05, 0) is 36.8 Å². The molecule has 0 spiro atoms. The molecule has 112 valence electrons. The summed E-state index contributed by atoms with van der Waals surface area (Å²) >= 11 is 0. The Labute approximate surface area is 124 Å². The van der Waals surface area contributed by atoms with E-state index in [1.165, 1.54) is 6.07 Å². The second kappa shape index (κ2) is 5.02. The van der Waals surface area contributed by atoms with Gasteiger partial charge in [-0.1, -0.05) is 23.8 Å². The van der Waals surface area contributed by atoms with Gasteiger partial charge in [-0.2, -0.15) is 13.2 Å². The quantitative estimate of drug-likeness (QED) is 0.666. The molecule has 0 saturated carbocycles. The minimum Gasteiger partial charge on any atom is -0.354 e. The molecule has 3 aromatic rings. The Hall–Kier alpha value is -2.56. The number of hydrogen-bond donors (Lipinski definition) is 1. The van der Waals surface area contributed by atoms with Gasteiger partial charge in [-0.25, -0.2) is 0 Å². The first kappa shape index (κ1) is 14.4. The summed E-state index contributed by atoms with van der Waals surface area (Å²) in [6.45, 7) is 1.89. The van der Waals surface area contributed by atoms with Crippen molar-refractivity contribution in [3.05, 3.63) is 59.2 Å². The minimum atomic E-state index is -4.42. The molecule has 0 aliphatic heterocycles. The van der Waals surface area contributed by atoms with Crippen LogP contribution in [0.4, 0.5) is 13.2 Å². The van der Waals surface area contributed by atoms with Crippen molar-refractivity contribution in [1.29, 1.82) is 0 Å². The summed E-state index contributed by atoms with van der Waals surface area (Å²) < 4.78 is 38.5. The maximum Gasteiger partial charge on any atom is 0.416 e. The van der Waals surface area contributed by atoms with Crippen LogP contribution in [0.3, 0.4) is 0 Å². The van der Waals surface area contributed by atoms with Crippen molar-refractivity contribution in [2.24, 2.45) is 0 Å². The van der Waals surface area contributed by atoms with Crippen molar-refractivity contribution in [2.45, 2.75) is 13.1 Å². The van der Waals surface area contributed by atoms with Gasteiger partial charge < -0.3 is 4.98 Å². The third-order valence-corrected chi connectivity index (χ3v) is 3.59. The zero-order valence-electron chi connectivity index (χ0n) is 11.7. The number of carbonyl (C=O) groups excluding carboxylic acids is 1. The van der Waals surface area contributed by atoms with E-state index in [4.69, 9.17) is 0 Å². The monoisotopic (exact) mass is 303 g/mol. The molecule has 2 nitrogen and oxygen atoms in total. The van der Waals surface area contributed by atoms with Crippen LogP contribution < -0.4 is 0 Å². The van der Waals surface area contributed by atoms with Crippen LogP contribution in [0.2, 0.25) is 0 Å². The first-order chi connectivity index (χ1) is 10.4. The topological polar surface area (TPSA) is 32.9 Å². The molecule has 0 fully saturated rings. The van der Waals surface area contributed by atoms with Crippen molar-refractivity contribution in [1.82, 2.24) is 4.98 Å². The fraction of sp³-hybridized carbons (Fsp3) is 0.118. The third kappa shape index (κ3) is 2.39. The minimum absolute atomic E-state index is 0.339. The fourth-order valence-corrected chi connectivity index (χ4v) is 2.53. The highest BCUT2D eigenvalue weighted by molar-refractivity contribution is 6.04. The number of benzene rings is 2. The van der Waals surface area contributed by atoms with Gasteiger partial charge in [0.2, 0.25) is 0 Å². The first-order valence-corrected chi connectivity index (χ1v) is 6.65. The summed E-state index contributed by atoms with van der Waals surface area (Å²) in [5, 5.41) is 0.711. The lowest BCUT2D eigenvalue weighted by molar-refractivity contribution is -0.137. The molecule has 0 aliphatic carbocycles. The van der Waals surface area contributed by atoms with Gasteiger partial charge in [0.15, 0.2) is 6.29 Å². The molecule has 1 N–H and O–H groups in total. The van der Waals surface area contributed by atoms with Gasteiger partial charge in [0, 0.05) is 16.5 Å². The molecule has 2 aromatic carbocycles. The average Bonchev–Trinajstić information content (AvgIpc) is 2.84. The zero-order valence-corrected chi connectivity index (χ0v) is 11.7. The van der Waals surface area contributed by atoms with Crippen LogP contribution in [0.1, 0.15) is 21.5 Å². The van der Waals surface area contributed by atoms with E-state index in [9.17, 15) is 18.0 Å². The van der Waals surface area contributed by atoms with Crippen LogP contribution in [0, 0.1) is 6.92 Å². The lowest BCUT2D eigenvalue weighted by Gasteiger charge is -2.08. The number of nitrogens with one attached hydrogen (secondary N) is 1. The number of H-pyrrole nitrogens is 1. The summed E-state index contributed by atoms with van der Waals surface area (Å²) in [5.41, 5.74) is 2.08. The number of rotatable bonds is 2. The van der Waals surface area contributed by atoms with E-state index < -0.39 is 11.7 Å². The van der Waals surface area contributed by atoms with E-state index in [1.807, 2.05) is 25.1 Å². The number of aldehydes is 1. The predicted octanol–water partition coefficient (Wildman–Crippen LogP) is 4.97. The molecule has 0 bridgehead atoms. The van der Waals surface area contributed by atoms with E-state index in [0.717, 1.165) is 23.2 Å². The van der Waals surface area contributed by atoms with Crippen LogP contribution >= 0.6 is 0 Å². The molecule has 5 heteroatoms. The van der Waals surface area contributed by atoms with Crippen LogP contribution in [-0.2, 0) is 6.18 Å². The van der Waals surface area contributed by atoms with E-state index in [-0.39, 0.29) is 0 Å². The standard InChI is InChI=1S/C17H12F3NO/c1-10-5-6-15-13(7-10)14(9-22)16(21-15)11-3-2-4-12(8-11)17(18,19)20/h2-9,21H,1H3. The lowest BCUT2D eigenvalue weighted by atomic mass is 10.0. The molecular formula is C17H12F3NO. The number of aromatic amines is 1. The van der Waals surface area contributed by atoms with Gasteiger partial charge in [0.1, 0.15) is 0 Å². The number of aromatic nitrogens is 1. The van der Waals surface area contributed by atoms with E-state index >= 15 is 0 Å². The van der Waals surface area contributed by atoms with E-state index in [2.05, 4.69) is 4.98 Å². The van der Waals surface area contributed by atoms with Gasteiger partial charge in [0.25, 0.3) is 0 Å². The molecular weight excluding hydrogens is 291 g/mol. The largest absolute Gasteiger partial charge is 0.416 e. The third-order valence-electron chi connectivity index (χ3n) is 3.59. The number of fused-ring (bicyclic) bond motifs is 1. The second-order valence-electron chi connectivity index (χ2n) is 5.16. The Bertz CT molecular complexity index is 862. The highest BCUT2D eigenvalue weighted by Crippen LogP contribution is 2.34. The number of alkyl halides is 3.